The maximum absolute atomic E-state index is 13.9. The smallest absolute Gasteiger partial charge is 0.317 e. The van der Waals surface area contributed by atoms with Gasteiger partial charge >= 0.3 is 6.03 Å². The van der Waals surface area contributed by atoms with E-state index in [2.05, 4.69) is 15.3 Å². The maximum Gasteiger partial charge on any atom is 0.317 e. The highest BCUT2D eigenvalue weighted by Gasteiger charge is 2.30. The van der Waals surface area contributed by atoms with Gasteiger partial charge in [-0.2, -0.15) is 5.10 Å². The second-order valence-electron chi connectivity index (χ2n) is 6.78. The zero-order valence-corrected chi connectivity index (χ0v) is 14.4. The van der Waals surface area contributed by atoms with Gasteiger partial charge in [-0.25, -0.2) is 18.3 Å². The van der Waals surface area contributed by atoms with Crippen molar-refractivity contribution in [1.29, 1.82) is 0 Å². The molecule has 6 nitrogen and oxygen atoms in total. The Labute approximate surface area is 150 Å². The Kier molecular flexibility index (Phi) is 4.58. The maximum atomic E-state index is 13.9. The Morgan fingerprint density at radius 3 is 2.65 bits per heavy atom. The molecule has 0 aliphatic carbocycles. The average Bonchev–Trinajstić information content (AvgIpc) is 3.25. The van der Waals surface area contributed by atoms with Crippen LogP contribution < -0.4 is 5.32 Å². The Morgan fingerprint density at radius 2 is 1.96 bits per heavy atom. The molecule has 2 aliphatic rings. The predicted octanol–water partition coefficient (Wildman–Crippen LogP) is 2.14. The molecule has 2 fully saturated rings. The fourth-order valence-electron chi connectivity index (χ4n) is 3.70. The van der Waals surface area contributed by atoms with Gasteiger partial charge < -0.3 is 10.2 Å². The van der Waals surface area contributed by atoms with Crippen LogP contribution in [0.3, 0.4) is 0 Å². The molecule has 2 aliphatic heterocycles. The molecule has 1 N–H and O–H groups in total. The van der Waals surface area contributed by atoms with E-state index in [-0.39, 0.29) is 11.7 Å². The largest absolute Gasteiger partial charge is 0.336 e. The van der Waals surface area contributed by atoms with Gasteiger partial charge in [-0.1, -0.05) is 0 Å². The lowest BCUT2D eigenvalue weighted by Gasteiger charge is -2.35. The number of nitrogens with one attached hydrogen (secondary N) is 1. The molecular formula is C18H21F2N5O. The summed E-state index contributed by atoms with van der Waals surface area (Å²) in [6.07, 6.45) is 3.58. The standard InChI is InChI=1S/C18H21F2N5O/c19-13-1-2-17(16(20)11-13)25-9-3-14(22-25)12-23-7-4-15(5-8-23)24-10-6-21-18(24)26/h1-3,9,11,15H,4-8,10,12H2,(H,21,26). The summed E-state index contributed by atoms with van der Waals surface area (Å²) in [4.78, 5) is 16.0. The quantitative estimate of drug-likeness (QED) is 0.908. The van der Waals surface area contributed by atoms with Gasteiger partial charge in [-0.15, -0.1) is 0 Å². The van der Waals surface area contributed by atoms with Crippen molar-refractivity contribution in [2.24, 2.45) is 0 Å². The van der Waals surface area contributed by atoms with Gasteiger partial charge in [0.15, 0.2) is 5.82 Å². The SMILES string of the molecule is O=C1NCCN1C1CCN(Cc2ccn(-c3ccc(F)cc3F)n2)CC1. The molecule has 0 unspecified atom stereocenters. The van der Waals surface area contributed by atoms with Crippen molar-refractivity contribution in [3.8, 4) is 5.69 Å². The lowest BCUT2D eigenvalue weighted by atomic mass is 10.0. The number of aromatic nitrogens is 2. The molecule has 4 rings (SSSR count). The topological polar surface area (TPSA) is 53.4 Å². The summed E-state index contributed by atoms with van der Waals surface area (Å²) in [5, 5.41) is 7.26. The van der Waals surface area contributed by atoms with E-state index < -0.39 is 11.6 Å². The molecule has 138 valence electrons. The van der Waals surface area contributed by atoms with Gasteiger partial charge in [0.2, 0.25) is 0 Å². The van der Waals surface area contributed by atoms with Gasteiger partial charge in [0.05, 0.1) is 5.69 Å². The molecular weight excluding hydrogens is 340 g/mol. The number of rotatable bonds is 4. The minimum absolute atomic E-state index is 0.0449. The first-order chi connectivity index (χ1) is 12.6. The Balaban J connectivity index is 1.36. The Hall–Kier alpha value is -2.48. The summed E-state index contributed by atoms with van der Waals surface area (Å²) in [6.45, 7) is 3.99. The van der Waals surface area contributed by atoms with E-state index in [9.17, 15) is 13.6 Å². The molecule has 0 bridgehead atoms. The molecule has 0 atom stereocenters. The molecule has 26 heavy (non-hydrogen) atoms. The average molecular weight is 361 g/mol. The highest BCUT2D eigenvalue weighted by molar-refractivity contribution is 5.76. The van der Waals surface area contributed by atoms with E-state index in [0.717, 1.165) is 50.8 Å². The van der Waals surface area contributed by atoms with Gasteiger partial charge in [0.25, 0.3) is 0 Å². The number of urea groups is 1. The number of amides is 2. The molecule has 2 aromatic rings. The summed E-state index contributed by atoms with van der Waals surface area (Å²) < 4.78 is 28.4. The van der Waals surface area contributed by atoms with Crippen LogP contribution in [0.5, 0.6) is 0 Å². The van der Waals surface area contributed by atoms with E-state index in [0.29, 0.717) is 12.6 Å². The van der Waals surface area contributed by atoms with Crippen LogP contribution >= 0.6 is 0 Å². The second-order valence-corrected chi connectivity index (χ2v) is 6.78. The number of benzene rings is 1. The highest BCUT2D eigenvalue weighted by atomic mass is 19.1. The van der Waals surface area contributed by atoms with Crippen LogP contribution in [0.1, 0.15) is 18.5 Å². The summed E-state index contributed by atoms with van der Waals surface area (Å²) in [6, 6.07) is 5.66. The molecule has 0 saturated carbocycles. The van der Waals surface area contributed by atoms with Crippen LogP contribution in [0.25, 0.3) is 5.69 Å². The summed E-state index contributed by atoms with van der Waals surface area (Å²) in [5.74, 6) is -1.24. The third-order valence-electron chi connectivity index (χ3n) is 5.07. The molecule has 1 aromatic carbocycles. The molecule has 1 aromatic heterocycles. The van der Waals surface area contributed by atoms with E-state index in [1.165, 1.54) is 16.8 Å². The van der Waals surface area contributed by atoms with Crippen molar-refractivity contribution < 1.29 is 13.6 Å². The number of carbonyl (C=O) groups is 1. The van der Waals surface area contributed by atoms with Crippen LogP contribution in [0, 0.1) is 11.6 Å². The van der Waals surface area contributed by atoms with Crippen molar-refractivity contribution in [3.63, 3.8) is 0 Å². The second kappa shape index (κ2) is 7.03. The summed E-state index contributed by atoms with van der Waals surface area (Å²) in [7, 11) is 0. The van der Waals surface area contributed by atoms with Crippen LogP contribution in [-0.2, 0) is 6.54 Å². The normalized spacial score (nSPS) is 19.2. The predicted molar refractivity (Wildman–Crippen MR) is 91.9 cm³/mol. The van der Waals surface area contributed by atoms with E-state index in [1.54, 1.807) is 6.20 Å². The van der Waals surface area contributed by atoms with Crippen LogP contribution in [-0.4, -0.2) is 57.8 Å². The number of likely N-dealkylation sites (tertiary alicyclic amines) is 1. The molecule has 8 heteroatoms. The number of nitrogens with zero attached hydrogens (tertiary/aromatic N) is 4. The van der Waals surface area contributed by atoms with Crippen molar-refractivity contribution in [2.75, 3.05) is 26.2 Å². The zero-order chi connectivity index (χ0) is 18.1. The minimum atomic E-state index is -0.635. The third-order valence-corrected chi connectivity index (χ3v) is 5.07. The van der Waals surface area contributed by atoms with Crippen molar-refractivity contribution in [2.45, 2.75) is 25.4 Å². The van der Waals surface area contributed by atoms with Gasteiger partial charge in [-0.05, 0) is 31.0 Å². The third kappa shape index (κ3) is 3.41. The van der Waals surface area contributed by atoms with Crippen molar-refractivity contribution in [1.82, 2.24) is 24.9 Å². The number of hydrogen-bond donors (Lipinski definition) is 1. The number of piperidine rings is 1. The van der Waals surface area contributed by atoms with E-state index in [1.807, 2.05) is 11.0 Å². The molecule has 2 amide bonds. The minimum Gasteiger partial charge on any atom is -0.336 e. The lowest BCUT2D eigenvalue weighted by Crippen LogP contribution is -2.45. The number of halogens is 2. The number of carbonyl (C=O) groups excluding carboxylic acids is 1. The Morgan fingerprint density at radius 1 is 1.15 bits per heavy atom. The van der Waals surface area contributed by atoms with Gasteiger partial charge in [0, 0.05) is 51.0 Å². The summed E-state index contributed by atoms with van der Waals surface area (Å²) in [5.41, 5.74) is 1.07. The number of hydrogen-bond acceptors (Lipinski definition) is 3. The fourth-order valence-corrected chi connectivity index (χ4v) is 3.70. The molecule has 3 heterocycles. The van der Waals surface area contributed by atoms with Crippen molar-refractivity contribution >= 4 is 6.03 Å². The first-order valence-electron chi connectivity index (χ1n) is 8.87. The first-order valence-corrected chi connectivity index (χ1v) is 8.87. The molecule has 0 spiro atoms. The van der Waals surface area contributed by atoms with E-state index >= 15 is 0 Å². The monoisotopic (exact) mass is 361 g/mol. The van der Waals surface area contributed by atoms with Gasteiger partial charge in [-0.3, -0.25) is 4.90 Å². The van der Waals surface area contributed by atoms with Gasteiger partial charge in [0.1, 0.15) is 11.5 Å². The summed E-state index contributed by atoms with van der Waals surface area (Å²) >= 11 is 0. The lowest BCUT2D eigenvalue weighted by molar-refractivity contribution is 0.131. The van der Waals surface area contributed by atoms with Crippen LogP contribution in [0.2, 0.25) is 0 Å². The van der Waals surface area contributed by atoms with Crippen LogP contribution in [0.15, 0.2) is 30.5 Å². The van der Waals surface area contributed by atoms with E-state index in [4.69, 9.17) is 0 Å². The van der Waals surface area contributed by atoms with Crippen molar-refractivity contribution in [3.05, 3.63) is 47.8 Å². The Bertz CT molecular complexity index is 801. The fraction of sp³-hybridized carbons (Fsp3) is 0.444. The molecule has 2 saturated heterocycles. The molecule has 0 radical (unpaired) electrons. The van der Waals surface area contributed by atoms with Crippen LogP contribution in [0.4, 0.5) is 13.6 Å². The highest BCUT2D eigenvalue weighted by Crippen LogP contribution is 2.20. The zero-order valence-electron chi connectivity index (χ0n) is 14.4. The first kappa shape index (κ1) is 17.0.